The number of rotatable bonds is 11. The van der Waals surface area contributed by atoms with E-state index >= 15 is 0 Å². The Morgan fingerprint density at radius 1 is 1.18 bits per heavy atom. The molecule has 0 bridgehead atoms. The Morgan fingerprint density at radius 2 is 2.00 bits per heavy atom. The van der Waals surface area contributed by atoms with E-state index in [9.17, 15) is 0 Å². The van der Waals surface area contributed by atoms with Crippen LogP contribution in [0.1, 0.15) is 56.7 Å². The van der Waals surface area contributed by atoms with E-state index < -0.39 is 5.54 Å². The van der Waals surface area contributed by atoms with Crippen molar-refractivity contribution in [3.05, 3.63) is 102 Å². The average Bonchev–Trinajstić information content (AvgIpc) is 3.51. The van der Waals surface area contributed by atoms with Gasteiger partial charge in [-0.2, -0.15) is 5.10 Å². The first-order valence-corrected chi connectivity index (χ1v) is 13.6. The molecule has 0 radical (unpaired) electrons. The Balaban J connectivity index is 1.27. The molecule has 1 fully saturated rings. The largest absolute Gasteiger partial charge is 0.496 e. The highest BCUT2D eigenvalue weighted by Gasteiger charge is 2.22. The Bertz CT molecular complexity index is 1540. The zero-order chi connectivity index (χ0) is 27.6. The standard InChI is InChI=1S/C32H38N6O/c1-6-23(8-7-22(2)25-13-14-25)9-11-26-12-10-24(15-30(26)39-5)19-37-21-35-29-16-28(18-34-31(29)37)38-20-27(17-36-38)32(3,4)33/h6-8,10,12,15-18,20-21,25H,2,9,11,13-14,19,33H2,1,3-5H3/b8-7-,23-6+. The second-order valence-electron chi connectivity index (χ2n) is 11.0. The third-order valence-electron chi connectivity index (χ3n) is 7.40. The SMILES string of the molecule is C=C(/C=C\C(=C/C)CCc1ccc(Cn2cnc3cc(-n4cc(C(C)(C)N)cn4)cnc32)cc1OC)C1CC1. The van der Waals surface area contributed by atoms with Crippen LogP contribution < -0.4 is 10.5 Å². The Kier molecular flexibility index (Phi) is 7.53. The van der Waals surface area contributed by atoms with Crippen LogP contribution in [0, 0.1) is 5.92 Å². The summed E-state index contributed by atoms with van der Waals surface area (Å²) in [6, 6.07) is 8.46. The number of aromatic nitrogens is 5. The summed E-state index contributed by atoms with van der Waals surface area (Å²) in [6.07, 6.45) is 18.4. The molecule has 202 valence electrons. The molecule has 3 aromatic heterocycles. The third kappa shape index (κ3) is 6.20. The van der Waals surface area contributed by atoms with Crippen LogP contribution in [0.5, 0.6) is 5.75 Å². The number of fused-ring (bicyclic) bond motifs is 1. The van der Waals surface area contributed by atoms with Crippen LogP contribution >= 0.6 is 0 Å². The number of methoxy groups -OCH3 is 1. The highest BCUT2D eigenvalue weighted by Crippen LogP contribution is 2.36. The predicted octanol–water partition coefficient (Wildman–Crippen LogP) is 6.27. The monoisotopic (exact) mass is 522 g/mol. The zero-order valence-corrected chi connectivity index (χ0v) is 23.4. The van der Waals surface area contributed by atoms with Gasteiger partial charge in [0.2, 0.25) is 0 Å². The van der Waals surface area contributed by atoms with Crippen molar-refractivity contribution in [2.24, 2.45) is 11.7 Å². The lowest BCUT2D eigenvalue weighted by Crippen LogP contribution is -2.27. The van der Waals surface area contributed by atoms with Gasteiger partial charge in [0.25, 0.3) is 0 Å². The van der Waals surface area contributed by atoms with Gasteiger partial charge in [0, 0.05) is 17.3 Å². The van der Waals surface area contributed by atoms with E-state index in [-0.39, 0.29) is 0 Å². The number of nitrogens with zero attached hydrogens (tertiary/aromatic N) is 5. The first kappa shape index (κ1) is 26.6. The van der Waals surface area contributed by atoms with Crippen LogP contribution in [-0.4, -0.2) is 31.4 Å². The van der Waals surface area contributed by atoms with Gasteiger partial charge in [-0.05, 0) is 75.6 Å². The lowest BCUT2D eigenvalue weighted by Gasteiger charge is -2.15. The maximum Gasteiger partial charge on any atom is 0.160 e. The molecule has 1 aliphatic carbocycles. The Hall–Kier alpha value is -3.97. The van der Waals surface area contributed by atoms with Crippen LogP contribution in [0.3, 0.4) is 0 Å². The van der Waals surface area contributed by atoms with Crippen molar-refractivity contribution in [1.82, 2.24) is 24.3 Å². The molecule has 0 atom stereocenters. The number of imidazole rings is 1. The van der Waals surface area contributed by atoms with Gasteiger partial charge in [0.1, 0.15) is 11.3 Å². The minimum Gasteiger partial charge on any atom is -0.496 e. The van der Waals surface area contributed by atoms with E-state index in [1.165, 1.54) is 29.6 Å². The lowest BCUT2D eigenvalue weighted by molar-refractivity contribution is 0.409. The second-order valence-corrected chi connectivity index (χ2v) is 11.0. The average molecular weight is 523 g/mol. The van der Waals surface area contributed by atoms with E-state index in [1.807, 2.05) is 38.6 Å². The van der Waals surface area contributed by atoms with Crippen molar-refractivity contribution in [3.63, 3.8) is 0 Å². The fourth-order valence-electron chi connectivity index (χ4n) is 4.67. The molecular weight excluding hydrogens is 484 g/mol. The van der Waals surface area contributed by atoms with Gasteiger partial charge in [0.15, 0.2) is 5.65 Å². The summed E-state index contributed by atoms with van der Waals surface area (Å²) in [6.45, 7) is 10.9. The molecular formula is C32H38N6O. The molecule has 7 heteroatoms. The summed E-state index contributed by atoms with van der Waals surface area (Å²) in [5, 5.41) is 4.46. The number of hydrogen-bond donors (Lipinski definition) is 1. The summed E-state index contributed by atoms with van der Waals surface area (Å²) < 4.78 is 9.62. The molecule has 0 spiro atoms. The van der Waals surface area contributed by atoms with Crippen LogP contribution in [0.2, 0.25) is 0 Å². The van der Waals surface area contributed by atoms with Gasteiger partial charge in [-0.15, -0.1) is 0 Å². The molecule has 0 amide bonds. The maximum atomic E-state index is 6.21. The Labute approximate surface area is 230 Å². The molecule has 4 aromatic rings. The number of hydrogen-bond acceptors (Lipinski definition) is 5. The number of pyridine rings is 1. The quantitative estimate of drug-likeness (QED) is 0.235. The third-order valence-corrected chi connectivity index (χ3v) is 7.40. The second kappa shape index (κ2) is 11.0. The van der Waals surface area contributed by atoms with Crippen molar-refractivity contribution < 1.29 is 4.74 Å². The number of allylic oxidation sites excluding steroid dienone is 5. The first-order valence-electron chi connectivity index (χ1n) is 13.6. The maximum absolute atomic E-state index is 6.21. The molecule has 39 heavy (non-hydrogen) atoms. The van der Waals surface area contributed by atoms with Crippen molar-refractivity contribution in [2.75, 3.05) is 7.11 Å². The van der Waals surface area contributed by atoms with Gasteiger partial charge < -0.3 is 15.0 Å². The van der Waals surface area contributed by atoms with E-state index in [2.05, 4.69) is 64.6 Å². The number of aryl methyl sites for hydroxylation is 1. The van der Waals surface area contributed by atoms with Gasteiger partial charge in [-0.1, -0.05) is 48.1 Å². The van der Waals surface area contributed by atoms with E-state index in [4.69, 9.17) is 15.5 Å². The topological polar surface area (TPSA) is 83.8 Å². The Morgan fingerprint density at radius 3 is 2.69 bits per heavy atom. The van der Waals surface area contributed by atoms with E-state index in [1.54, 1.807) is 18.0 Å². The van der Waals surface area contributed by atoms with Crippen molar-refractivity contribution in [3.8, 4) is 11.4 Å². The predicted molar refractivity (Wildman–Crippen MR) is 157 cm³/mol. The summed E-state index contributed by atoms with van der Waals surface area (Å²) >= 11 is 0. The molecule has 1 aliphatic rings. The van der Waals surface area contributed by atoms with Gasteiger partial charge in [-0.3, -0.25) is 0 Å². The van der Waals surface area contributed by atoms with Crippen LogP contribution in [-0.2, 0) is 18.5 Å². The van der Waals surface area contributed by atoms with Crippen molar-refractivity contribution >= 4 is 11.2 Å². The van der Waals surface area contributed by atoms with Crippen LogP contribution in [0.4, 0.5) is 0 Å². The zero-order valence-electron chi connectivity index (χ0n) is 23.4. The normalized spacial score (nSPS) is 14.4. The van der Waals surface area contributed by atoms with E-state index in [0.717, 1.165) is 46.6 Å². The molecule has 1 saturated carbocycles. The van der Waals surface area contributed by atoms with Crippen molar-refractivity contribution in [2.45, 2.75) is 58.5 Å². The summed E-state index contributed by atoms with van der Waals surface area (Å²) in [5.74, 6) is 1.61. The van der Waals surface area contributed by atoms with E-state index in [0.29, 0.717) is 12.5 Å². The number of benzene rings is 1. The van der Waals surface area contributed by atoms with Crippen LogP contribution in [0.25, 0.3) is 16.9 Å². The smallest absolute Gasteiger partial charge is 0.160 e. The minimum atomic E-state index is -0.453. The number of ether oxygens (including phenoxy) is 1. The molecule has 1 aromatic carbocycles. The van der Waals surface area contributed by atoms with Gasteiger partial charge in [-0.25, -0.2) is 14.6 Å². The minimum absolute atomic E-state index is 0.453. The fraction of sp³-hybridized carbons (Fsp3) is 0.344. The van der Waals surface area contributed by atoms with Gasteiger partial charge in [0.05, 0.1) is 38.1 Å². The highest BCUT2D eigenvalue weighted by atomic mass is 16.5. The first-order chi connectivity index (χ1) is 18.7. The molecule has 0 unspecified atom stereocenters. The van der Waals surface area contributed by atoms with Gasteiger partial charge >= 0.3 is 0 Å². The summed E-state index contributed by atoms with van der Waals surface area (Å²) in [7, 11) is 1.74. The molecule has 0 saturated heterocycles. The van der Waals surface area contributed by atoms with Crippen molar-refractivity contribution in [1.29, 1.82) is 0 Å². The molecule has 5 rings (SSSR count). The fourth-order valence-corrected chi connectivity index (χ4v) is 4.67. The summed E-state index contributed by atoms with van der Waals surface area (Å²) in [5.41, 5.74) is 14.1. The van der Waals surface area contributed by atoms with Crippen LogP contribution in [0.15, 0.2) is 85.1 Å². The molecule has 3 heterocycles. The lowest BCUT2D eigenvalue weighted by atomic mass is 10.00. The molecule has 7 nitrogen and oxygen atoms in total. The summed E-state index contributed by atoms with van der Waals surface area (Å²) in [4.78, 5) is 9.31. The highest BCUT2D eigenvalue weighted by molar-refractivity contribution is 5.73. The molecule has 2 N–H and O–H groups in total. The molecule has 0 aliphatic heterocycles. The number of nitrogens with two attached hydrogens (primary N) is 1.